The van der Waals surface area contributed by atoms with E-state index in [0.29, 0.717) is 0 Å². The maximum Gasteiger partial charge on any atom is 0.314 e. The molecule has 0 aliphatic rings. The zero-order chi connectivity index (χ0) is 19.3. The minimum absolute atomic E-state index is 0.773. The van der Waals surface area contributed by atoms with Crippen LogP contribution in [0.3, 0.4) is 0 Å². The van der Waals surface area contributed by atoms with Crippen molar-refractivity contribution in [1.29, 1.82) is 0 Å². The van der Waals surface area contributed by atoms with E-state index in [2.05, 4.69) is 58.0 Å². The molecular weight excluding hydrogens is 364 g/mol. The second-order valence-electron chi connectivity index (χ2n) is 8.61. The molecule has 0 saturated carbocycles. The molecule has 0 saturated heterocycles. The summed E-state index contributed by atoms with van der Waals surface area (Å²) in [5.41, 5.74) is 1.26. The molecule has 0 aliphatic heterocycles. The van der Waals surface area contributed by atoms with Gasteiger partial charge in [-0.05, 0) is 82.4 Å². The molecule has 0 fully saturated rings. The Morgan fingerprint density at radius 2 is 1.28 bits per heavy atom. The topological polar surface area (TPSA) is 36.9 Å². The van der Waals surface area contributed by atoms with Gasteiger partial charge in [0.2, 0.25) is 0 Å². The molecule has 0 atom stereocenters. The van der Waals surface area contributed by atoms with Crippen molar-refractivity contribution in [1.82, 2.24) is 0 Å². The van der Waals surface area contributed by atoms with Crippen LogP contribution in [0.15, 0.2) is 18.2 Å². The Balaban J connectivity index is 2.77. The summed E-state index contributed by atoms with van der Waals surface area (Å²) in [5, 5.41) is 0. The number of hydrogen-bond donors (Lipinski definition) is 0. The Labute approximate surface area is 157 Å². The first-order valence-corrected chi connectivity index (χ1v) is 18.3. The predicted molar refractivity (Wildman–Crippen MR) is 113 cm³/mol. The average Bonchev–Trinajstić information content (AvgIpc) is 2.42. The van der Waals surface area contributed by atoms with Crippen LogP contribution in [-0.2, 0) is 14.7 Å². The second-order valence-corrected chi connectivity index (χ2v) is 21.5. The number of rotatable bonds is 10. The Morgan fingerprint density at radius 3 is 1.72 bits per heavy atom. The molecule has 0 aromatic heterocycles. The minimum atomic E-state index is -2.15. The molecule has 0 spiro atoms. The molecule has 1 aromatic rings. The molecule has 1 rings (SSSR count). The molecule has 25 heavy (non-hydrogen) atoms. The standard InChI is InChI=1S/C18H36O4Si3/c1-19-17-13-12-16(15-18(17)20-2)11-10-14-25(9,21-23(3,4)5)22-24(6,7)8/h12-13,15H,10-11,14H2,1-9H3. The normalized spacial score (nSPS) is 13.0. The lowest BCUT2D eigenvalue weighted by molar-refractivity contribution is 0.354. The molecule has 0 heterocycles. The predicted octanol–water partition coefficient (Wildman–Crippen LogP) is 5.41. The molecule has 7 heteroatoms. The summed E-state index contributed by atoms with van der Waals surface area (Å²) in [6.07, 6.45) is 2.06. The highest BCUT2D eigenvalue weighted by molar-refractivity contribution is 6.87. The van der Waals surface area contributed by atoms with Gasteiger partial charge in [-0.3, -0.25) is 0 Å². The highest BCUT2D eigenvalue weighted by Crippen LogP contribution is 2.30. The first-order valence-electron chi connectivity index (χ1n) is 8.99. The van der Waals surface area contributed by atoms with Gasteiger partial charge in [0.1, 0.15) is 0 Å². The summed E-state index contributed by atoms with van der Waals surface area (Å²) in [6.45, 7) is 15.7. The quantitative estimate of drug-likeness (QED) is 0.492. The summed E-state index contributed by atoms with van der Waals surface area (Å²) < 4.78 is 23.8. The van der Waals surface area contributed by atoms with Crippen LogP contribution in [0.2, 0.25) is 51.9 Å². The first-order chi connectivity index (χ1) is 11.4. The van der Waals surface area contributed by atoms with Crippen molar-refractivity contribution in [2.45, 2.75) is 64.7 Å². The third-order valence-electron chi connectivity index (χ3n) is 3.59. The van der Waals surface area contributed by atoms with Gasteiger partial charge in [-0.1, -0.05) is 6.07 Å². The van der Waals surface area contributed by atoms with E-state index in [-0.39, 0.29) is 0 Å². The summed E-state index contributed by atoms with van der Waals surface area (Å²) in [4.78, 5) is 0. The fourth-order valence-corrected chi connectivity index (χ4v) is 15.6. The van der Waals surface area contributed by atoms with E-state index < -0.39 is 25.2 Å². The van der Waals surface area contributed by atoms with Crippen LogP contribution in [0.5, 0.6) is 11.5 Å². The van der Waals surface area contributed by atoms with E-state index in [4.69, 9.17) is 17.7 Å². The molecule has 1 aromatic carbocycles. The Kier molecular flexibility index (Phi) is 7.95. The molecule has 0 bridgehead atoms. The van der Waals surface area contributed by atoms with Gasteiger partial charge >= 0.3 is 8.56 Å². The third-order valence-corrected chi connectivity index (χ3v) is 13.2. The van der Waals surface area contributed by atoms with Gasteiger partial charge < -0.3 is 17.7 Å². The van der Waals surface area contributed by atoms with E-state index in [1.165, 1.54) is 5.56 Å². The van der Waals surface area contributed by atoms with Gasteiger partial charge in [-0.2, -0.15) is 0 Å². The SMILES string of the molecule is COc1ccc(CCC[Si](C)(O[Si](C)(C)C)O[Si](C)(C)C)cc1OC. The van der Waals surface area contributed by atoms with Gasteiger partial charge in [0, 0.05) is 0 Å². The maximum absolute atomic E-state index is 6.57. The Morgan fingerprint density at radius 1 is 0.760 bits per heavy atom. The van der Waals surface area contributed by atoms with E-state index in [9.17, 15) is 0 Å². The van der Waals surface area contributed by atoms with Crippen LogP contribution >= 0.6 is 0 Å². The zero-order valence-corrected chi connectivity index (χ0v) is 20.5. The fourth-order valence-electron chi connectivity index (χ4n) is 3.07. The summed E-state index contributed by atoms with van der Waals surface area (Å²) in [6, 6.07) is 7.17. The van der Waals surface area contributed by atoms with E-state index in [1.54, 1.807) is 14.2 Å². The average molecular weight is 401 g/mol. The van der Waals surface area contributed by atoms with Crippen molar-refractivity contribution >= 4 is 25.2 Å². The molecular formula is C18H36O4Si3. The molecule has 0 amide bonds. The summed E-state index contributed by atoms with van der Waals surface area (Å²) in [7, 11) is -2.06. The van der Waals surface area contributed by atoms with Gasteiger partial charge in [0.25, 0.3) is 0 Å². The number of methoxy groups -OCH3 is 2. The van der Waals surface area contributed by atoms with Crippen molar-refractivity contribution in [3.63, 3.8) is 0 Å². The summed E-state index contributed by atoms with van der Waals surface area (Å²) >= 11 is 0. The van der Waals surface area contributed by atoms with Crippen molar-refractivity contribution in [2.75, 3.05) is 14.2 Å². The molecule has 0 radical (unpaired) electrons. The van der Waals surface area contributed by atoms with Crippen molar-refractivity contribution in [2.24, 2.45) is 0 Å². The van der Waals surface area contributed by atoms with Gasteiger partial charge in [-0.15, -0.1) is 0 Å². The van der Waals surface area contributed by atoms with Crippen LogP contribution in [0, 0.1) is 0 Å². The monoisotopic (exact) mass is 400 g/mol. The summed E-state index contributed by atoms with van der Waals surface area (Å²) in [5.74, 6) is 1.56. The fraction of sp³-hybridized carbons (Fsp3) is 0.667. The van der Waals surface area contributed by atoms with Crippen LogP contribution in [0.1, 0.15) is 12.0 Å². The zero-order valence-electron chi connectivity index (χ0n) is 17.5. The van der Waals surface area contributed by atoms with E-state index in [1.807, 2.05) is 6.07 Å². The molecule has 0 N–H and O–H groups in total. The van der Waals surface area contributed by atoms with Crippen LogP contribution in [0.25, 0.3) is 0 Å². The first kappa shape index (κ1) is 22.4. The highest BCUT2D eigenvalue weighted by Gasteiger charge is 2.39. The highest BCUT2D eigenvalue weighted by atomic mass is 28.5. The molecule has 0 unspecified atom stereocenters. The van der Waals surface area contributed by atoms with E-state index in [0.717, 1.165) is 30.4 Å². The number of benzene rings is 1. The van der Waals surface area contributed by atoms with E-state index >= 15 is 0 Å². The van der Waals surface area contributed by atoms with Crippen molar-refractivity contribution in [3.8, 4) is 11.5 Å². The molecule has 4 nitrogen and oxygen atoms in total. The van der Waals surface area contributed by atoms with Gasteiger partial charge in [-0.25, -0.2) is 0 Å². The number of hydrogen-bond acceptors (Lipinski definition) is 4. The lowest BCUT2D eigenvalue weighted by atomic mass is 10.1. The van der Waals surface area contributed by atoms with Gasteiger partial charge in [0.15, 0.2) is 28.1 Å². The lowest BCUT2D eigenvalue weighted by Crippen LogP contribution is -2.52. The third kappa shape index (κ3) is 8.55. The second kappa shape index (κ2) is 8.86. The molecule has 144 valence electrons. The van der Waals surface area contributed by atoms with Gasteiger partial charge in [0.05, 0.1) is 14.2 Å². The Bertz CT molecular complexity index is 534. The Hall–Kier alpha value is -0.609. The smallest absolute Gasteiger partial charge is 0.314 e. The number of aryl methyl sites for hydroxylation is 1. The molecule has 0 aliphatic carbocycles. The van der Waals surface area contributed by atoms with Crippen LogP contribution in [0.4, 0.5) is 0 Å². The minimum Gasteiger partial charge on any atom is -0.493 e. The van der Waals surface area contributed by atoms with Crippen LogP contribution in [-0.4, -0.2) is 39.4 Å². The van der Waals surface area contributed by atoms with Crippen molar-refractivity contribution < 1.29 is 17.7 Å². The number of ether oxygens (including phenoxy) is 2. The largest absolute Gasteiger partial charge is 0.493 e. The lowest BCUT2D eigenvalue weighted by Gasteiger charge is -2.38. The maximum atomic E-state index is 6.57. The van der Waals surface area contributed by atoms with Crippen LogP contribution < -0.4 is 9.47 Å². The van der Waals surface area contributed by atoms with Crippen molar-refractivity contribution in [3.05, 3.63) is 23.8 Å².